The van der Waals surface area contributed by atoms with Crippen molar-refractivity contribution < 1.29 is 0 Å². The Balaban J connectivity index is 1.69. The van der Waals surface area contributed by atoms with Crippen LogP contribution in [0, 0.1) is 11.8 Å². The van der Waals surface area contributed by atoms with Gasteiger partial charge in [0.15, 0.2) is 0 Å². The van der Waals surface area contributed by atoms with Gasteiger partial charge in [-0.1, -0.05) is 19.9 Å². The molecule has 1 heterocycles. The molecule has 0 aliphatic heterocycles. The first-order valence-electron chi connectivity index (χ1n) is 5.88. The summed E-state index contributed by atoms with van der Waals surface area (Å²) in [4.78, 5) is 4.11. The number of hydrogen-bond donors (Lipinski definition) is 1. The van der Waals surface area contributed by atoms with Crippen LogP contribution < -0.4 is 5.32 Å². The van der Waals surface area contributed by atoms with E-state index < -0.39 is 0 Å². The van der Waals surface area contributed by atoms with Gasteiger partial charge in [-0.15, -0.1) is 0 Å². The number of nitrogens with one attached hydrogen (secondary N) is 1. The summed E-state index contributed by atoms with van der Waals surface area (Å²) < 4.78 is 0. The van der Waals surface area contributed by atoms with Crippen molar-refractivity contribution in [2.75, 3.05) is 0 Å². The van der Waals surface area contributed by atoms with E-state index in [-0.39, 0.29) is 0 Å². The van der Waals surface area contributed by atoms with Crippen LogP contribution in [0.25, 0.3) is 0 Å². The molecule has 0 unspecified atom stereocenters. The average molecular weight is 204 g/mol. The van der Waals surface area contributed by atoms with Crippen molar-refractivity contribution >= 4 is 0 Å². The Morgan fingerprint density at radius 3 is 2.87 bits per heavy atom. The number of rotatable bonds is 4. The van der Waals surface area contributed by atoms with E-state index in [1.807, 2.05) is 18.5 Å². The van der Waals surface area contributed by atoms with Crippen molar-refractivity contribution in [3.8, 4) is 0 Å². The average Bonchev–Trinajstić information content (AvgIpc) is 2.16. The lowest BCUT2D eigenvalue weighted by atomic mass is 9.73. The Morgan fingerprint density at radius 2 is 2.27 bits per heavy atom. The molecule has 82 valence electrons. The van der Waals surface area contributed by atoms with Gasteiger partial charge in [-0.05, 0) is 36.3 Å². The molecule has 0 atom stereocenters. The third kappa shape index (κ3) is 2.78. The summed E-state index contributed by atoms with van der Waals surface area (Å²) in [6.07, 6.45) is 6.45. The molecule has 1 aliphatic carbocycles. The summed E-state index contributed by atoms with van der Waals surface area (Å²) in [6.45, 7) is 5.60. The van der Waals surface area contributed by atoms with Crippen LogP contribution in [0.2, 0.25) is 0 Å². The SMILES string of the molecule is CC(C)C1CC(NCc2cccnc2)C1. The van der Waals surface area contributed by atoms with E-state index >= 15 is 0 Å². The quantitative estimate of drug-likeness (QED) is 0.815. The van der Waals surface area contributed by atoms with Crippen LogP contribution in [-0.4, -0.2) is 11.0 Å². The van der Waals surface area contributed by atoms with Crippen LogP contribution in [0.4, 0.5) is 0 Å². The molecule has 1 saturated carbocycles. The molecule has 1 aliphatic rings. The van der Waals surface area contributed by atoms with Gasteiger partial charge in [0.25, 0.3) is 0 Å². The van der Waals surface area contributed by atoms with Gasteiger partial charge in [0.2, 0.25) is 0 Å². The molecule has 2 nitrogen and oxygen atoms in total. The summed E-state index contributed by atoms with van der Waals surface area (Å²) in [5.41, 5.74) is 1.28. The second-order valence-electron chi connectivity index (χ2n) is 4.91. The van der Waals surface area contributed by atoms with Crippen molar-refractivity contribution in [2.45, 2.75) is 39.3 Å². The van der Waals surface area contributed by atoms with Crippen LogP contribution in [0.3, 0.4) is 0 Å². The van der Waals surface area contributed by atoms with Crippen LogP contribution in [0.5, 0.6) is 0 Å². The molecule has 0 spiro atoms. The van der Waals surface area contributed by atoms with E-state index in [2.05, 4.69) is 30.2 Å². The zero-order chi connectivity index (χ0) is 10.7. The fraction of sp³-hybridized carbons (Fsp3) is 0.615. The summed E-state index contributed by atoms with van der Waals surface area (Å²) >= 11 is 0. The first-order valence-corrected chi connectivity index (χ1v) is 5.88. The Bertz CT molecular complexity index is 289. The molecule has 1 fully saturated rings. The standard InChI is InChI=1S/C13H20N2/c1-10(2)12-6-13(7-12)15-9-11-4-3-5-14-8-11/h3-5,8,10,12-13,15H,6-7,9H2,1-2H3. The van der Waals surface area contributed by atoms with Crippen molar-refractivity contribution in [3.05, 3.63) is 30.1 Å². The summed E-state index contributed by atoms with van der Waals surface area (Å²) in [6, 6.07) is 4.85. The molecule has 1 N–H and O–H groups in total. The third-order valence-electron chi connectivity index (χ3n) is 3.43. The maximum Gasteiger partial charge on any atom is 0.0312 e. The normalized spacial score (nSPS) is 25.3. The van der Waals surface area contributed by atoms with Gasteiger partial charge in [0.1, 0.15) is 0 Å². The Labute approximate surface area is 92.1 Å². The monoisotopic (exact) mass is 204 g/mol. The lowest BCUT2D eigenvalue weighted by molar-refractivity contribution is 0.167. The van der Waals surface area contributed by atoms with Crippen molar-refractivity contribution in [1.29, 1.82) is 0 Å². The van der Waals surface area contributed by atoms with Crippen molar-refractivity contribution in [2.24, 2.45) is 11.8 Å². The smallest absolute Gasteiger partial charge is 0.0312 e. The molecule has 1 aromatic rings. The molecule has 2 rings (SSSR count). The number of nitrogens with zero attached hydrogens (tertiary/aromatic N) is 1. The van der Waals surface area contributed by atoms with Gasteiger partial charge in [-0.2, -0.15) is 0 Å². The highest BCUT2D eigenvalue weighted by Crippen LogP contribution is 2.33. The van der Waals surface area contributed by atoms with Gasteiger partial charge in [-0.3, -0.25) is 4.98 Å². The number of aromatic nitrogens is 1. The van der Waals surface area contributed by atoms with E-state index in [9.17, 15) is 0 Å². The zero-order valence-electron chi connectivity index (χ0n) is 9.61. The van der Waals surface area contributed by atoms with E-state index in [1.54, 1.807) is 0 Å². The topological polar surface area (TPSA) is 24.9 Å². The summed E-state index contributed by atoms with van der Waals surface area (Å²) in [5, 5.41) is 3.58. The van der Waals surface area contributed by atoms with Crippen molar-refractivity contribution in [3.63, 3.8) is 0 Å². The van der Waals surface area contributed by atoms with E-state index in [1.165, 1.54) is 18.4 Å². The van der Waals surface area contributed by atoms with E-state index in [0.29, 0.717) is 0 Å². The molecule has 0 amide bonds. The molecule has 0 bridgehead atoms. The second kappa shape index (κ2) is 4.75. The minimum absolute atomic E-state index is 0.734. The molecule has 1 aromatic heterocycles. The first kappa shape index (κ1) is 10.6. The zero-order valence-corrected chi connectivity index (χ0v) is 9.61. The molecule has 15 heavy (non-hydrogen) atoms. The largest absolute Gasteiger partial charge is 0.310 e. The minimum atomic E-state index is 0.734. The predicted molar refractivity (Wildman–Crippen MR) is 62.4 cm³/mol. The van der Waals surface area contributed by atoms with Crippen LogP contribution >= 0.6 is 0 Å². The Kier molecular flexibility index (Phi) is 3.37. The van der Waals surface area contributed by atoms with Gasteiger partial charge < -0.3 is 5.32 Å². The van der Waals surface area contributed by atoms with Crippen LogP contribution in [0.15, 0.2) is 24.5 Å². The van der Waals surface area contributed by atoms with E-state index in [0.717, 1.165) is 24.4 Å². The number of hydrogen-bond acceptors (Lipinski definition) is 2. The second-order valence-corrected chi connectivity index (χ2v) is 4.91. The van der Waals surface area contributed by atoms with Gasteiger partial charge in [0, 0.05) is 25.0 Å². The fourth-order valence-electron chi connectivity index (χ4n) is 2.14. The third-order valence-corrected chi connectivity index (χ3v) is 3.43. The summed E-state index contributed by atoms with van der Waals surface area (Å²) in [7, 11) is 0. The van der Waals surface area contributed by atoms with Crippen LogP contribution in [0.1, 0.15) is 32.3 Å². The van der Waals surface area contributed by atoms with E-state index in [4.69, 9.17) is 0 Å². The van der Waals surface area contributed by atoms with Gasteiger partial charge in [0.05, 0.1) is 0 Å². The lowest BCUT2D eigenvalue weighted by Crippen LogP contribution is -2.42. The lowest BCUT2D eigenvalue weighted by Gasteiger charge is -2.38. The number of pyridine rings is 1. The first-order chi connectivity index (χ1) is 7.25. The highest BCUT2D eigenvalue weighted by molar-refractivity contribution is 5.08. The van der Waals surface area contributed by atoms with Crippen molar-refractivity contribution in [1.82, 2.24) is 10.3 Å². The highest BCUT2D eigenvalue weighted by atomic mass is 14.9. The Morgan fingerprint density at radius 1 is 1.47 bits per heavy atom. The maximum absolute atomic E-state index is 4.11. The summed E-state index contributed by atoms with van der Waals surface area (Å²) in [5.74, 6) is 1.79. The molecular formula is C13H20N2. The molecule has 0 radical (unpaired) electrons. The molecule has 0 saturated heterocycles. The minimum Gasteiger partial charge on any atom is -0.310 e. The van der Waals surface area contributed by atoms with Gasteiger partial charge in [-0.25, -0.2) is 0 Å². The predicted octanol–water partition coefficient (Wildman–Crippen LogP) is 2.61. The highest BCUT2D eigenvalue weighted by Gasteiger charge is 2.30. The maximum atomic E-state index is 4.11. The molecule has 2 heteroatoms. The van der Waals surface area contributed by atoms with Gasteiger partial charge >= 0.3 is 0 Å². The molecule has 0 aromatic carbocycles. The molecular weight excluding hydrogens is 184 g/mol. The van der Waals surface area contributed by atoms with Crippen LogP contribution in [-0.2, 0) is 6.54 Å². The Hall–Kier alpha value is -0.890. The fourth-order valence-corrected chi connectivity index (χ4v) is 2.14.